The fourth-order valence-corrected chi connectivity index (χ4v) is 2.82. The van der Waals surface area contributed by atoms with Crippen LogP contribution in [0.2, 0.25) is 5.02 Å². The molecule has 3 heteroatoms. The number of ether oxygens (including phenoxy) is 1. The molecule has 0 saturated heterocycles. The molecular weight excluding hydrogens is 284 g/mol. The van der Waals surface area contributed by atoms with Crippen LogP contribution < -0.4 is 4.74 Å². The van der Waals surface area contributed by atoms with E-state index < -0.39 is 0 Å². The van der Waals surface area contributed by atoms with Crippen LogP contribution in [0.3, 0.4) is 0 Å². The maximum absolute atomic E-state index is 12.6. The molecule has 1 aliphatic carbocycles. The number of halogens is 1. The van der Waals surface area contributed by atoms with Gasteiger partial charge < -0.3 is 4.74 Å². The molecule has 0 aliphatic heterocycles. The monoisotopic (exact) mass is 298 g/mol. The molecule has 0 bridgehead atoms. The van der Waals surface area contributed by atoms with Crippen molar-refractivity contribution in [3.8, 4) is 5.75 Å². The van der Waals surface area contributed by atoms with Crippen LogP contribution in [0.1, 0.15) is 27.9 Å². The summed E-state index contributed by atoms with van der Waals surface area (Å²) in [5.41, 5.74) is 3.62. The van der Waals surface area contributed by atoms with Crippen molar-refractivity contribution < 1.29 is 9.53 Å². The first kappa shape index (κ1) is 13.9. The average molecular weight is 299 g/mol. The number of hydrogen-bond donors (Lipinski definition) is 0. The minimum Gasteiger partial charge on any atom is -0.497 e. The van der Waals surface area contributed by atoms with Gasteiger partial charge in [-0.3, -0.25) is 4.79 Å². The molecule has 1 aliphatic rings. The van der Waals surface area contributed by atoms with Crippen LogP contribution in [-0.4, -0.2) is 12.9 Å². The van der Waals surface area contributed by atoms with Gasteiger partial charge in [-0.1, -0.05) is 23.7 Å². The summed E-state index contributed by atoms with van der Waals surface area (Å²) in [6.45, 7) is 0. The van der Waals surface area contributed by atoms with E-state index in [-0.39, 0.29) is 5.78 Å². The number of carbonyl (C=O) groups excluding carboxylic acids is 1. The fraction of sp³-hybridized carbons (Fsp3) is 0.167. The SMILES string of the molecule is COc1ccc2c(c1)CC/C(=C/c1cccc(Cl)c1)C2=O. The molecule has 0 atom stereocenters. The normalized spacial score (nSPS) is 15.9. The van der Waals surface area contributed by atoms with Crippen LogP contribution in [0, 0.1) is 0 Å². The molecule has 0 unspecified atom stereocenters. The zero-order chi connectivity index (χ0) is 14.8. The predicted molar refractivity (Wildman–Crippen MR) is 85.1 cm³/mol. The van der Waals surface area contributed by atoms with Crippen LogP contribution in [0.5, 0.6) is 5.75 Å². The Morgan fingerprint density at radius 1 is 1.14 bits per heavy atom. The van der Waals surface area contributed by atoms with E-state index in [2.05, 4.69) is 0 Å². The Balaban J connectivity index is 1.95. The van der Waals surface area contributed by atoms with Crippen LogP contribution >= 0.6 is 11.6 Å². The third kappa shape index (κ3) is 2.86. The van der Waals surface area contributed by atoms with E-state index in [1.807, 2.05) is 48.5 Å². The van der Waals surface area contributed by atoms with Gasteiger partial charge in [0.2, 0.25) is 0 Å². The lowest BCUT2D eigenvalue weighted by Crippen LogP contribution is -2.14. The van der Waals surface area contributed by atoms with Gasteiger partial charge in [-0.15, -0.1) is 0 Å². The molecule has 2 aromatic carbocycles. The fourth-order valence-electron chi connectivity index (χ4n) is 2.62. The van der Waals surface area contributed by atoms with Gasteiger partial charge in [0.05, 0.1) is 7.11 Å². The minimum absolute atomic E-state index is 0.0962. The Hall–Kier alpha value is -2.06. The lowest BCUT2D eigenvalue weighted by molar-refractivity contribution is 0.102. The number of aryl methyl sites for hydroxylation is 1. The number of ketones is 1. The van der Waals surface area contributed by atoms with Gasteiger partial charge in [0.1, 0.15) is 5.75 Å². The van der Waals surface area contributed by atoms with E-state index in [0.717, 1.165) is 40.9 Å². The lowest BCUT2D eigenvalue weighted by Gasteiger charge is -2.18. The van der Waals surface area contributed by atoms with Gasteiger partial charge >= 0.3 is 0 Å². The Morgan fingerprint density at radius 3 is 2.76 bits per heavy atom. The maximum atomic E-state index is 12.6. The van der Waals surface area contributed by atoms with Gasteiger partial charge in [-0.25, -0.2) is 0 Å². The molecule has 0 radical (unpaired) electrons. The van der Waals surface area contributed by atoms with Gasteiger partial charge in [-0.05, 0) is 60.4 Å². The molecule has 0 amide bonds. The summed E-state index contributed by atoms with van der Waals surface area (Å²) < 4.78 is 5.21. The topological polar surface area (TPSA) is 26.3 Å². The van der Waals surface area contributed by atoms with E-state index in [9.17, 15) is 4.79 Å². The highest BCUT2D eigenvalue weighted by Crippen LogP contribution is 2.29. The zero-order valence-electron chi connectivity index (χ0n) is 11.7. The molecule has 0 aromatic heterocycles. The summed E-state index contributed by atoms with van der Waals surface area (Å²) in [5, 5.41) is 0.678. The van der Waals surface area contributed by atoms with Crippen molar-refractivity contribution in [2.24, 2.45) is 0 Å². The molecule has 106 valence electrons. The Morgan fingerprint density at radius 2 is 2.00 bits per heavy atom. The van der Waals surface area contributed by atoms with Gasteiger partial charge in [-0.2, -0.15) is 0 Å². The highest BCUT2D eigenvalue weighted by atomic mass is 35.5. The maximum Gasteiger partial charge on any atom is 0.189 e. The second-order valence-corrected chi connectivity index (χ2v) is 5.51. The Labute approximate surface area is 129 Å². The summed E-state index contributed by atoms with van der Waals surface area (Å²) >= 11 is 5.99. The molecule has 2 aromatic rings. The molecule has 0 N–H and O–H groups in total. The summed E-state index contributed by atoms with van der Waals surface area (Å²) in [7, 11) is 1.64. The van der Waals surface area contributed by atoms with E-state index in [1.165, 1.54) is 0 Å². The van der Waals surface area contributed by atoms with Crippen molar-refractivity contribution >= 4 is 23.5 Å². The molecule has 0 heterocycles. The van der Waals surface area contributed by atoms with E-state index in [4.69, 9.17) is 16.3 Å². The second kappa shape index (κ2) is 5.74. The molecule has 0 saturated carbocycles. The molecular formula is C18H15ClO2. The van der Waals surface area contributed by atoms with E-state index >= 15 is 0 Å². The number of hydrogen-bond acceptors (Lipinski definition) is 2. The molecule has 0 spiro atoms. The highest BCUT2D eigenvalue weighted by Gasteiger charge is 2.22. The molecule has 3 rings (SSSR count). The van der Waals surface area contributed by atoms with Crippen molar-refractivity contribution in [1.82, 2.24) is 0 Å². The number of fused-ring (bicyclic) bond motifs is 1. The number of allylic oxidation sites excluding steroid dienone is 1. The Bertz CT molecular complexity index is 732. The zero-order valence-corrected chi connectivity index (χ0v) is 12.5. The van der Waals surface area contributed by atoms with Crippen molar-refractivity contribution in [1.29, 1.82) is 0 Å². The third-order valence-corrected chi connectivity index (χ3v) is 3.94. The molecule has 0 fully saturated rings. The number of carbonyl (C=O) groups is 1. The number of benzene rings is 2. The minimum atomic E-state index is 0.0962. The quantitative estimate of drug-likeness (QED) is 0.760. The first-order valence-electron chi connectivity index (χ1n) is 6.85. The van der Waals surface area contributed by atoms with Crippen LogP contribution in [-0.2, 0) is 6.42 Å². The van der Waals surface area contributed by atoms with Crippen molar-refractivity contribution in [3.05, 3.63) is 69.8 Å². The standard InChI is InChI=1S/C18H15ClO2/c1-21-16-7-8-17-13(11-16)5-6-14(18(17)20)9-12-3-2-4-15(19)10-12/h2-4,7-11H,5-6H2,1H3/b14-9-. The van der Waals surface area contributed by atoms with Crippen molar-refractivity contribution in [2.45, 2.75) is 12.8 Å². The third-order valence-electron chi connectivity index (χ3n) is 3.70. The second-order valence-electron chi connectivity index (χ2n) is 5.08. The van der Waals surface area contributed by atoms with Gasteiger partial charge in [0.15, 0.2) is 5.78 Å². The van der Waals surface area contributed by atoms with Gasteiger partial charge in [0.25, 0.3) is 0 Å². The molecule has 2 nitrogen and oxygen atoms in total. The van der Waals surface area contributed by atoms with E-state index in [1.54, 1.807) is 7.11 Å². The van der Waals surface area contributed by atoms with Crippen LogP contribution in [0.15, 0.2) is 48.0 Å². The van der Waals surface area contributed by atoms with Crippen LogP contribution in [0.4, 0.5) is 0 Å². The number of Topliss-reactive ketones (excluding diaryl/α,β-unsaturated/α-hetero) is 1. The summed E-state index contributed by atoms with van der Waals surface area (Å²) in [6, 6.07) is 13.2. The smallest absolute Gasteiger partial charge is 0.189 e. The van der Waals surface area contributed by atoms with E-state index in [0.29, 0.717) is 5.02 Å². The molecule has 21 heavy (non-hydrogen) atoms. The predicted octanol–water partition coefficient (Wildman–Crippen LogP) is 4.56. The Kier molecular flexibility index (Phi) is 3.80. The van der Waals surface area contributed by atoms with Crippen molar-refractivity contribution in [2.75, 3.05) is 7.11 Å². The lowest BCUT2D eigenvalue weighted by atomic mass is 9.86. The highest BCUT2D eigenvalue weighted by molar-refractivity contribution is 6.30. The summed E-state index contributed by atoms with van der Waals surface area (Å²) in [4.78, 5) is 12.6. The van der Waals surface area contributed by atoms with Crippen LogP contribution in [0.25, 0.3) is 6.08 Å². The first-order chi connectivity index (χ1) is 10.2. The van der Waals surface area contributed by atoms with Crippen molar-refractivity contribution in [3.63, 3.8) is 0 Å². The first-order valence-corrected chi connectivity index (χ1v) is 7.23. The van der Waals surface area contributed by atoms with Gasteiger partial charge in [0, 0.05) is 16.2 Å². The average Bonchev–Trinajstić information content (AvgIpc) is 2.50. The largest absolute Gasteiger partial charge is 0.497 e. The summed E-state index contributed by atoms with van der Waals surface area (Å²) in [6.07, 6.45) is 3.53. The number of rotatable bonds is 2. The summed E-state index contributed by atoms with van der Waals surface area (Å²) in [5.74, 6) is 0.891. The number of methoxy groups -OCH3 is 1.